The third kappa shape index (κ3) is 40.7. The van der Waals surface area contributed by atoms with E-state index in [0.29, 0.717) is 12.8 Å². The maximum Gasteiger partial charge on any atom is 0.220 e. The minimum Gasteiger partial charge on any atom is -0.394 e. The summed E-state index contributed by atoms with van der Waals surface area (Å²) in [5.74, 6) is -0.0660. The summed E-state index contributed by atoms with van der Waals surface area (Å²) in [5, 5.41) is 23.2. The molecule has 0 aliphatic heterocycles. The second-order valence-corrected chi connectivity index (χ2v) is 15.1. The van der Waals surface area contributed by atoms with Gasteiger partial charge in [0.05, 0.1) is 18.8 Å². The molecule has 2 atom stereocenters. The lowest BCUT2D eigenvalue weighted by molar-refractivity contribution is -0.123. The van der Waals surface area contributed by atoms with E-state index in [2.05, 4.69) is 104 Å². The summed E-state index contributed by atoms with van der Waals surface area (Å²) >= 11 is 0. The molecule has 0 radical (unpaired) electrons. The molecule has 0 rings (SSSR count). The number of carbonyl (C=O) groups excluding carboxylic acids is 1. The number of unbranched alkanes of at least 4 members (excludes halogenated alkanes) is 19. The standard InChI is InChI=1S/C50H87NO3/c1-3-5-7-9-11-13-15-17-19-21-22-23-24-25-26-27-28-30-32-34-36-38-40-42-44-46-50(54)51-48(47-52)49(53)45-43-41-39-37-35-33-31-29-20-18-16-14-12-10-8-6-4-2/h5,7,11,13,17,19,22-23,25-26,28,30,34,36,48-49,52-53H,3-4,6,8-10,12,14-16,18,20-21,24,27,29,31-33,35,37-47H2,1-2H3,(H,51,54)/b7-5-,13-11-,19-17-,23-22-,26-25-,30-28-,36-34-. The number of aliphatic hydroxyl groups excluding tert-OH is 2. The molecular formula is C50H87NO3. The highest BCUT2D eigenvalue weighted by atomic mass is 16.3. The van der Waals surface area contributed by atoms with Crippen LogP contribution in [0, 0.1) is 0 Å². The Bertz CT molecular complexity index is 988. The topological polar surface area (TPSA) is 69.6 Å². The van der Waals surface area contributed by atoms with Crippen LogP contribution in [0.5, 0.6) is 0 Å². The Morgan fingerprint density at radius 1 is 0.463 bits per heavy atom. The number of amides is 1. The number of aliphatic hydroxyl groups is 2. The van der Waals surface area contributed by atoms with Gasteiger partial charge in [-0.2, -0.15) is 0 Å². The van der Waals surface area contributed by atoms with Crippen LogP contribution in [0.2, 0.25) is 0 Å². The van der Waals surface area contributed by atoms with Gasteiger partial charge in [0, 0.05) is 6.42 Å². The number of carbonyl (C=O) groups is 1. The summed E-state index contributed by atoms with van der Waals surface area (Å²) in [4.78, 5) is 12.4. The van der Waals surface area contributed by atoms with Crippen LogP contribution in [0.1, 0.15) is 206 Å². The van der Waals surface area contributed by atoms with Crippen LogP contribution in [0.15, 0.2) is 85.1 Å². The quantitative estimate of drug-likeness (QED) is 0.0431. The Kier molecular flexibility index (Phi) is 42.9. The van der Waals surface area contributed by atoms with Gasteiger partial charge in [0.25, 0.3) is 0 Å². The molecule has 0 aromatic carbocycles. The van der Waals surface area contributed by atoms with E-state index in [0.717, 1.165) is 83.5 Å². The van der Waals surface area contributed by atoms with Crippen LogP contribution in [0.3, 0.4) is 0 Å². The second-order valence-electron chi connectivity index (χ2n) is 15.1. The van der Waals surface area contributed by atoms with E-state index in [9.17, 15) is 15.0 Å². The molecule has 0 heterocycles. The summed E-state index contributed by atoms with van der Waals surface area (Å²) in [6.07, 6.45) is 65.1. The number of rotatable bonds is 40. The highest BCUT2D eigenvalue weighted by Gasteiger charge is 2.19. The maximum absolute atomic E-state index is 12.4. The van der Waals surface area contributed by atoms with Gasteiger partial charge < -0.3 is 15.5 Å². The van der Waals surface area contributed by atoms with Gasteiger partial charge in [-0.05, 0) is 70.6 Å². The predicted molar refractivity (Wildman–Crippen MR) is 239 cm³/mol. The van der Waals surface area contributed by atoms with Gasteiger partial charge in [-0.15, -0.1) is 0 Å². The molecule has 0 aliphatic rings. The molecule has 0 spiro atoms. The van der Waals surface area contributed by atoms with E-state index in [1.165, 1.54) is 96.3 Å². The molecule has 310 valence electrons. The molecule has 0 bridgehead atoms. The van der Waals surface area contributed by atoms with E-state index < -0.39 is 12.1 Å². The number of hydrogen-bond donors (Lipinski definition) is 3. The first kappa shape index (κ1) is 51.6. The van der Waals surface area contributed by atoms with Crippen LogP contribution in [0.4, 0.5) is 0 Å². The third-order valence-electron chi connectivity index (χ3n) is 9.92. The Morgan fingerprint density at radius 3 is 1.20 bits per heavy atom. The molecule has 4 nitrogen and oxygen atoms in total. The van der Waals surface area contributed by atoms with E-state index in [1.807, 2.05) is 0 Å². The van der Waals surface area contributed by atoms with Crippen LogP contribution < -0.4 is 5.32 Å². The fourth-order valence-corrected chi connectivity index (χ4v) is 6.46. The molecule has 0 aromatic rings. The molecule has 1 amide bonds. The zero-order chi connectivity index (χ0) is 39.3. The van der Waals surface area contributed by atoms with Crippen molar-refractivity contribution in [2.45, 2.75) is 219 Å². The van der Waals surface area contributed by atoms with Crippen molar-refractivity contribution in [1.29, 1.82) is 0 Å². The molecule has 54 heavy (non-hydrogen) atoms. The van der Waals surface area contributed by atoms with Crippen molar-refractivity contribution in [3.8, 4) is 0 Å². The van der Waals surface area contributed by atoms with Crippen molar-refractivity contribution in [3.63, 3.8) is 0 Å². The Hall–Kier alpha value is -2.43. The van der Waals surface area contributed by atoms with Gasteiger partial charge in [-0.1, -0.05) is 214 Å². The molecule has 0 saturated heterocycles. The average molecular weight is 750 g/mol. The predicted octanol–water partition coefficient (Wildman–Crippen LogP) is 14.5. The van der Waals surface area contributed by atoms with Gasteiger partial charge in [0.15, 0.2) is 0 Å². The lowest BCUT2D eigenvalue weighted by Gasteiger charge is -2.22. The zero-order valence-electron chi connectivity index (χ0n) is 35.5. The van der Waals surface area contributed by atoms with Crippen molar-refractivity contribution in [3.05, 3.63) is 85.1 Å². The number of nitrogens with one attached hydrogen (secondary N) is 1. The summed E-state index contributed by atoms with van der Waals surface area (Å²) in [5.41, 5.74) is 0. The molecule has 0 aliphatic carbocycles. The van der Waals surface area contributed by atoms with E-state index in [1.54, 1.807) is 0 Å². The van der Waals surface area contributed by atoms with Crippen molar-refractivity contribution < 1.29 is 15.0 Å². The summed E-state index contributed by atoms with van der Waals surface area (Å²) < 4.78 is 0. The molecule has 0 saturated carbocycles. The van der Waals surface area contributed by atoms with Gasteiger partial charge in [-0.25, -0.2) is 0 Å². The molecule has 3 N–H and O–H groups in total. The zero-order valence-corrected chi connectivity index (χ0v) is 35.5. The van der Waals surface area contributed by atoms with Gasteiger partial charge in [0.1, 0.15) is 0 Å². The fraction of sp³-hybridized carbons (Fsp3) is 0.700. The van der Waals surface area contributed by atoms with Gasteiger partial charge in [0.2, 0.25) is 5.91 Å². The summed E-state index contributed by atoms with van der Waals surface area (Å²) in [6.45, 7) is 4.23. The molecule has 4 heteroatoms. The number of allylic oxidation sites excluding steroid dienone is 14. The Morgan fingerprint density at radius 2 is 0.815 bits per heavy atom. The average Bonchev–Trinajstić information content (AvgIpc) is 3.18. The Balaban J connectivity index is 3.66. The van der Waals surface area contributed by atoms with Crippen molar-refractivity contribution in [2.75, 3.05) is 6.61 Å². The summed E-state index contributed by atoms with van der Waals surface area (Å²) in [7, 11) is 0. The van der Waals surface area contributed by atoms with E-state index >= 15 is 0 Å². The van der Waals surface area contributed by atoms with Crippen LogP contribution in [-0.2, 0) is 4.79 Å². The molecule has 0 fully saturated rings. The SMILES string of the molecule is CC/C=C\C/C=C\C/C=C\C/C=C\C/C=C\C/C=C\C/C=C\CCCCCC(=O)NC(CO)C(O)CCCCCCCCCCCCCCCCCCC. The van der Waals surface area contributed by atoms with Crippen LogP contribution in [-0.4, -0.2) is 34.9 Å². The Labute approximate surface area is 335 Å². The third-order valence-corrected chi connectivity index (χ3v) is 9.92. The van der Waals surface area contributed by atoms with E-state index in [4.69, 9.17) is 0 Å². The first-order chi connectivity index (χ1) is 26.7. The lowest BCUT2D eigenvalue weighted by Crippen LogP contribution is -2.45. The fourth-order valence-electron chi connectivity index (χ4n) is 6.46. The van der Waals surface area contributed by atoms with Crippen LogP contribution >= 0.6 is 0 Å². The van der Waals surface area contributed by atoms with E-state index in [-0.39, 0.29) is 12.5 Å². The minimum absolute atomic E-state index is 0.0660. The first-order valence-corrected chi connectivity index (χ1v) is 22.8. The number of hydrogen-bond acceptors (Lipinski definition) is 3. The monoisotopic (exact) mass is 750 g/mol. The van der Waals surface area contributed by atoms with Crippen LogP contribution in [0.25, 0.3) is 0 Å². The van der Waals surface area contributed by atoms with Gasteiger partial charge >= 0.3 is 0 Å². The first-order valence-electron chi connectivity index (χ1n) is 22.8. The molecule has 0 aromatic heterocycles. The summed E-state index contributed by atoms with van der Waals surface area (Å²) in [6, 6.07) is -0.560. The van der Waals surface area contributed by atoms with Crippen molar-refractivity contribution in [2.24, 2.45) is 0 Å². The lowest BCUT2D eigenvalue weighted by atomic mass is 10.0. The second kappa shape index (κ2) is 45.0. The smallest absolute Gasteiger partial charge is 0.220 e. The normalized spacial score (nSPS) is 13.8. The highest BCUT2D eigenvalue weighted by Crippen LogP contribution is 2.15. The highest BCUT2D eigenvalue weighted by molar-refractivity contribution is 5.76. The van der Waals surface area contributed by atoms with Gasteiger partial charge in [-0.3, -0.25) is 4.79 Å². The van der Waals surface area contributed by atoms with Crippen molar-refractivity contribution in [1.82, 2.24) is 5.32 Å². The largest absolute Gasteiger partial charge is 0.394 e. The molecular weight excluding hydrogens is 663 g/mol. The molecule has 2 unspecified atom stereocenters. The van der Waals surface area contributed by atoms with Crippen molar-refractivity contribution >= 4 is 5.91 Å². The minimum atomic E-state index is -0.679. The maximum atomic E-state index is 12.4.